The van der Waals surface area contributed by atoms with Crippen LogP contribution in [-0.4, -0.2) is 79.5 Å². The van der Waals surface area contributed by atoms with Gasteiger partial charge in [-0.1, -0.05) is 12.1 Å². The van der Waals surface area contributed by atoms with Crippen LogP contribution in [0.15, 0.2) is 39.9 Å². The Hall–Kier alpha value is -2.16. The molecule has 174 valence electrons. The Balaban J connectivity index is 1.38. The largest absolute Gasteiger partial charge is 0.493 e. The average molecular weight is 458 g/mol. The number of methoxy groups -OCH3 is 1. The van der Waals surface area contributed by atoms with Gasteiger partial charge in [-0.25, -0.2) is 9.97 Å². The summed E-state index contributed by atoms with van der Waals surface area (Å²) in [5.41, 5.74) is 2.66. The first-order chi connectivity index (χ1) is 15.5. The molecule has 1 fully saturated rings. The molecule has 2 aliphatic heterocycles. The van der Waals surface area contributed by atoms with E-state index in [4.69, 9.17) is 23.8 Å². The fourth-order valence-electron chi connectivity index (χ4n) is 4.25. The maximum absolute atomic E-state index is 5.76. The molecule has 32 heavy (non-hydrogen) atoms. The van der Waals surface area contributed by atoms with Gasteiger partial charge in [0, 0.05) is 63.0 Å². The van der Waals surface area contributed by atoms with Crippen molar-refractivity contribution in [1.82, 2.24) is 14.9 Å². The van der Waals surface area contributed by atoms with E-state index in [1.807, 2.05) is 12.4 Å². The molecule has 2 aliphatic rings. The minimum Gasteiger partial charge on any atom is -0.493 e. The van der Waals surface area contributed by atoms with Gasteiger partial charge in [-0.2, -0.15) is 0 Å². The van der Waals surface area contributed by atoms with Crippen LogP contribution in [0.1, 0.15) is 31.0 Å². The predicted molar refractivity (Wildman–Crippen MR) is 132 cm³/mol. The number of piperazine rings is 1. The summed E-state index contributed by atoms with van der Waals surface area (Å²) < 4.78 is 15.8. The van der Waals surface area contributed by atoms with Gasteiger partial charge < -0.3 is 14.4 Å². The van der Waals surface area contributed by atoms with E-state index in [1.54, 1.807) is 7.11 Å². The summed E-state index contributed by atoms with van der Waals surface area (Å²) >= 11 is 0. The molecule has 1 saturated heterocycles. The number of hydrogen-bond donors (Lipinski definition) is 0. The molecular weight excluding hydrogens is 422 g/mol. The number of aromatic nitrogens is 2. The minimum absolute atomic E-state index is 0.369. The van der Waals surface area contributed by atoms with Crippen LogP contribution in [0.5, 0.6) is 5.75 Å². The second-order valence-corrected chi connectivity index (χ2v) is 11.5. The van der Waals surface area contributed by atoms with Crippen LogP contribution in [0.4, 0.5) is 5.95 Å². The molecule has 0 N–H and O–H groups in total. The molecule has 0 aliphatic carbocycles. The SMILES string of the molecule is CC=[S@](C)(=NCCOC)c1cnc(N2CCN([C@H](C)c3ccc4c(c3)OCC4)CC2)nc1. The lowest BCUT2D eigenvalue weighted by molar-refractivity contribution is 0.197. The molecule has 4 rings (SSSR count). The first-order valence-corrected chi connectivity index (χ1v) is 13.4. The zero-order chi connectivity index (χ0) is 22.6. The van der Waals surface area contributed by atoms with Crippen molar-refractivity contribution in [2.75, 3.05) is 64.2 Å². The molecule has 1 aromatic carbocycles. The number of anilines is 1. The van der Waals surface area contributed by atoms with Gasteiger partial charge in [-0.3, -0.25) is 9.26 Å². The Bertz CT molecular complexity index is 1040. The molecule has 8 heteroatoms. The maximum Gasteiger partial charge on any atom is 0.225 e. The number of rotatable bonds is 7. The van der Waals surface area contributed by atoms with E-state index >= 15 is 0 Å². The van der Waals surface area contributed by atoms with Gasteiger partial charge >= 0.3 is 0 Å². The standard InChI is InChI=1S/C24H35N5O2S/c1-5-32(4,27-9-15-30-3)22-17-25-24(26-18-22)29-12-10-28(11-13-29)19(2)21-7-6-20-8-14-31-23(20)16-21/h5-7,16-19H,8-15H2,1-4H3/t19-,32+/m1/s1. The van der Waals surface area contributed by atoms with Gasteiger partial charge in [0.25, 0.3) is 0 Å². The number of fused-ring (bicyclic) bond motifs is 1. The van der Waals surface area contributed by atoms with Crippen molar-refractivity contribution in [2.24, 2.45) is 4.36 Å². The number of benzene rings is 1. The molecule has 0 unspecified atom stereocenters. The summed E-state index contributed by atoms with van der Waals surface area (Å²) in [6, 6.07) is 7.08. The Morgan fingerprint density at radius 3 is 2.66 bits per heavy atom. The van der Waals surface area contributed by atoms with E-state index < -0.39 is 9.41 Å². The fraction of sp³-hybridized carbons (Fsp3) is 0.542. The fourth-order valence-corrected chi connectivity index (χ4v) is 5.81. The lowest BCUT2D eigenvalue weighted by Gasteiger charge is -2.38. The molecular formula is C24H35N5O2S. The smallest absolute Gasteiger partial charge is 0.225 e. The van der Waals surface area contributed by atoms with E-state index in [-0.39, 0.29) is 0 Å². The second-order valence-electron chi connectivity index (χ2n) is 8.40. The second kappa shape index (κ2) is 10.2. The quantitative estimate of drug-likeness (QED) is 0.470. The molecule has 3 heterocycles. The van der Waals surface area contributed by atoms with Crippen molar-refractivity contribution < 1.29 is 9.47 Å². The normalized spacial score (nSPS) is 19.1. The maximum atomic E-state index is 5.76. The monoisotopic (exact) mass is 457 g/mol. The highest BCUT2D eigenvalue weighted by atomic mass is 32.2. The average Bonchev–Trinajstić information content (AvgIpc) is 3.32. The first-order valence-electron chi connectivity index (χ1n) is 11.4. The number of ether oxygens (including phenoxy) is 2. The van der Waals surface area contributed by atoms with E-state index in [2.05, 4.69) is 53.5 Å². The van der Waals surface area contributed by atoms with Crippen molar-refractivity contribution in [1.29, 1.82) is 0 Å². The third kappa shape index (κ3) is 4.92. The summed E-state index contributed by atoms with van der Waals surface area (Å²) in [5.74, 6) is 1.87. The van der Waals surface area contributed by atoms with Gasteiger partial charge in [0.2, 0.25) is 5.95 Å². The van der Waals surface area contributed by atoms with E-state index in [9.17, 15) is 0 Å². The van der Waals surface area contributed by atoms with E-state index in [0.717, 1.165) is 55.8 Å². The number of nitrogens with zero attached hydrogens (tertiary/aromatic N) is 5. The highest BCUT2D eigenvalue weighted by Gasteiger charge is 2.24. The topological polar surface area (TPSA) is 63.1 Å². The molecule has 2 aromatic rings. The van der Waals surface area contributed by atoms with Crippen molar-refractivity contribution >= 4 is 20.7 Å². The van der Waals surface area contributed by atoms with Gasteiger partial charge in [0.1, 0.15) is 5.75 Å². The summed E-state index contributed by atoms with van der Waals surface area (Å²) in [6.07, 6.45) is 7.10. The highest BCUT2D eigenvalue weighted by molar-refractivity contribution is 8.02. The summed E-state index contributed by atoms with van der Waals surface area (Å²) in [5, 5.41) is 2.17. The zero-order valence-electron chi connectivity index (χ0n) is 19.7. The Morgan fingerprint density at radius 1 is 1.22 bits per heavy atom. The molecule has 2 atom stereocenters. The Morgan fingerprint density at radius 2 is 1.97 bits per heavy atom. The van der Waals surface area contributed by atoms with Crippen LogP contribution in [0.3, 0.4) is 0 Å². The molecule has 0 radical (unpaired) electrons. The third-order valence-electron chi connectivity index (χ3n) is 6.55. The van der Waals surface area contributed by atoms with Gasteiger partial charge in [-0.15, -0.1) is 9.41 Å². The van der Waals surface area contributed by atoms with Crippen LogP contribution >= 0.6 is 0 Å². The van der Waals surface area contributed by atoms with E-state index in [1.165, 1.54) is 11.1 Å². The lowest BCUT2D eigenvalue weighted by Crippen LogP contribution is -2.47. The van der Waals surface area contributed by atoms with Crippen molar-refractivity contribution in [2.45, 2.75) is 31.2 Å². The summed E-state index contributed by atoms with van der Waals surface area (Å²) in [4.78, 5) is 15.3. The van der Waals surface area contributed by atoms with Gasteiger partial charge in [0.05, 0.1) is 19.8 Å². The molecule has 0 bridgehead atoms. The molecule has 0 saturated carbocycles. The van der Waals surface area contributed by atoms with Crippen LogP contribution in [0.2, 0.25) is 0 Å². The zero-order valence-corrected chi connectivity index (χ0v) is 20.5. The highest BCUT2D eigenvalue weighted by Crippen LogP contribution is 2.31. The molecule has 7 nitrogen and oxygen atoms in total. The molecule has 0 amide bonds. The minimum atomic E-state index is -1.37. The first kappa shape index (κ1) is 23.0. The van der Waals surface area contributed by atoms with Crippen LogP contribution in [0.25, 0.3) is 0 Å². The Kier molecular flexibility index (Phi) is 7.33. The Labute approximate surface area is 192 Å². The summed E-state index contributed by atoms with van der Waals surface area (Å²) in [7, 11) is 0.332. The lowest BCUT2D eigenvalue weighted by atomic mass is 10.0. The molecule has 0 spiro atoms. The third-order valence-corrected chi connectivity index (χ3v) is 9.36. The molecule has 1 aromatic heterocycles. The van der Waals surface area contributed by atoms with Crippen molar-refractivity contribution in [3.63, 3.8) is 0 Å². The predicted octanol–water partition coefficient (Wildman–Crippen LogP) is 3.09. The number of hydrogen-bond acceptors (Lipinski definition) is 7. The van der Waals surface area contributed by atoms with Crippen LogP contribution in [-0.2, 0) is 20.6 Å². The van der Waals surface area contributed by atoms with Crippen LogP contribution in [0, 0.1) is 0 Å². The van der Waals surface area contributed by atoms with Crippen molar-refractivity contribution in [3.05, 3.63) is 41.7 Å². The van der Waals surface area contributed by atoms with Gasteiger partial charge in [0.15, 0.2) is 0 Å². The van der Waals surface area contributed by atoms with Crippen LogP contribution < -0.4 is 9.64 Å². The van der Waals surface area contributed by atoms with Crippen molar-refractivity contribution in [3.8, 4) is 5.75 Å². The van der Waals surface area contributed by atoms with Gasteiger partial charge in [-0.05, 0) is 42.7 Å². The summed E-state index contributed by atoms with van der Waals surface area (Å²) in [6.45, 7) is 10.3. The van der Waals surface area contributed by atoms with E-state index in [0.29, 0.717) is 19.2 Å².